The number of aromatic nitrogens is 1. The number of carbonyl (C=O) groups excluding carboxylic acids is 1. The van der Waals surface area contributed by atoms with Crippen LogP contribution in [0.3, 0.4) is 0 Å². The van der Waals surface area contributed by atoms with Crippen LogP contribution in [0, 0.1) is 13.8 Å². The minimum absolute atomic E-state index is 0.135. The smallest absolute Gasteiger partial charge is 0.255 e. The Morgan fingerprint density at radius 3 is 2.58 bits per heavy atom. The van der Waals surface area contributed by atoms with Gasteiger partial charge < -0.3 is 10.1 Å². The molecule has 0 saturated heterocycles. The van der Waals surface area contributed by atoms with E-state index in [4.69, 9.17) is 4.74 Å². The third kappa shape index (κ3) is 4.00. The van der Waals surface area contributed by atoms with Gasteiger partial charge in [0, 0.05) is 16.6 Å². The molecule has 0 radical (unpaired) electrons. The Labute approximate surface area is 145 Å². The van der Waals surface area contributed by atoms with Crippen molar-refractivity contribution in [2.24, 2.45) is 0 Å². The van der Waals surface area contributed by atoms with E-state index in [0.29, 0.717) is 17.9 Å². The SMILES string of the molecule is Cc1ccc(NC(=O)c2ccc(OCc3cscn3)cc2)cc1C. The van der Waals surface area contributed by atoms with E-state index in [1.807, 2.05) is 37.4 Å². The summed E-state index contributed by atoms with van der Waals surface area (Å²) in [6.07, 6.45) is 0. The highest BCUT2D eigenvalue weighted by atomic mass is 32.1. The van der Waals surface area contributed by atoms with Gasteiger partial charge in [0.05, 0.1) is 11.2 Å². The topological polar surface area (TPSA) is 51.2 Å². The molecule has 3 rings (SSSR count). The first kappa shape index (κ1) is 16.2. The largest absolute Gasteiger partial charge is 0.487 e. The molecular formula is C19H18N2O2S. The van der Waals surface area contributed by atoms with Crippen LogP contribution in [0.5, 0.6) is 5.75 Å². The Kier molecular flexibility index (Phi) is 4.91. The van der Waals surface area contributed by atoms with E-state index in [1.165, 1.54) is 16.9 Å². The average Bonchev–Trinajstić information content (AvgIpc) is 3.10. The van der Waals surface area contributed by atoms with Crippen LogP contribution in [0.4, 0.5) is 5.69 Å². The maximum absolute atomic E-state index is 12.3. The van der Waals surface area contributed by atoms with Gasteiger partial charge in [0.2, 0.25) is 0 Å². The van der Waals surface area contributed by atoms with Gasteiger partial charge in [0.25, 0.3) is 5.91 Å². The monoisotopic (exact) mass is 338 g/mol. The van der Waals surface area contributed by atoms with Crippen molar-refractivity contribution < 1.29 is 9.53 Å². The molecule has 0 bridgehead atoms. The summed E-state index contributed by atoms with van der Waals surface area (Å²) in [7, 11) is 0. The molecule has 0 aliphatic heterocycles. The molecule has 2 aromatic carbocycles. The molecule has 0 fully saturated rings. The lowest BCUT2D eigenvalue weighted by atomic mass is 10.1. The maximum atomic E-state index is 12.3. The summed E-state index contributed by atoms with van der Waals surface area (Å²) >= 11 is 1.54. The standard InChI is InChI=1S/C19H18N2O2S/c1-13-3-6-16(9-14(13)2)21-19(22)15-4-7-18(8-5-15)23-10-17-11-24-12-20-17/h3-9,11-12H,10H2,1-2H3,(H,21,22). The fraction of sp³-hybridized carbons (Fsp3) is 0.158. The normalized spacial score (nSPS) is 10.4. The second kappa shape index (κ2) is 7.27. The van der Waals surface area contributed by atoms with Gasteiger partial charge in [-0.1, -0.05) is 6.07 Å². The highest BCUT2D eigenvalue weighted by Crippen LogP contribution is 2.17. The summed E-state index contributed by atoms with van der Waals surface area (Å²) in [6.45, 7) is 4.50. The van der Waals surface area contributed by atoms with Crippen LogP contribution in [-0.4, -0.2) is 10.9 Å². The zero-order chi connectivity index (χ0) is 16.9. The number of rotatable bonds is 5. The number of nitrogens with one attached hydrogen (secondary N) is 1. The van der Waals surface area contributed by atoms with Crippen molar-refractivity contribution >= 4 is 22.9 Å². The molecule has 5 heteroatoms. The van der Waals surface area contributed by atoms with Crippen LogP contribution in [0.1, 0.15) is 27.2 Å². The molecule has 1 aromatic heterocycles. The van der Waals surface area contributed by atoms with E-state index < -0.39 is 0 Å². The summed E-state index contributed by atoms with van der Waals surface area (Å²) in [5.74, 6) is 0.579. The maximum Gasteiger partial charge on any atom is 0.255 e. The Morgan fingerprint density at radius 2 is 1.92 bits per heavy atom. The van der Waals surface area contributed by atoms with Gasteiger partial charge in [0.15, 0.2) is 0 Å². The zero-order valence-electron chi connectivity index (χ0n) is 13.6. The summed E-state index contributed by atoms with van der Waals surface area (Å²) in [6, 6.07) is 13.0. The average molecular weight is 338 g/mol. The summed E-state index contributed by atoms with van der Waals surface area (Å²) in [4.78, 5) is 16.5. The molecule has 1 heterocycles. The molecule has 4 nitrogen and oxygen atoms in total. The number of nitrogens with zero attached hydrogens (tertiary/aromatic N) is 1. The molecule has 0 saturated carbocycles. The van der Waals surface area contributed by atoms with Gasteiger partial charge in [-0.05, 0) is 61.4 Å². The molecule has 0 unspecified atom stereocenters. The van der Waals surface area contributed by atoms with Crippen molar-refractivity contribution in [3.63, 3.8) is 0 Å². The highest BCUT2D eigenvalue weighted by molar-refractivity contribution is 7.07. The van der Waals surface area contributed by atoms with Gasteiger partial charge in [0.1, 0.15) is 12.4 Å². The second-order valence-electron chi connectivity index (χ2n) is 5.55. The first-order valence-electron chi connectivity index (χ1n) is 7.60. The van der Waals surface area contributed by atoms with E-state index in [2.05, 4.69) is 10.3 Å². The number of carbonyl (C=O) groups is 1. The predicted molar refractivity (Wildman–Crippen MR) is 96.8 cm³/mol. The number of hydrogen-bond acceptors (Lipinski definition) is 4. The third-order valence-corrected chi connectivity index (χ3v) is 4.39. The minimum Gasteiger partial charge on any atom is -0.487 e. The summed E-state index contributed by atoms with van der Waals surface area (Å²) < 4.78 is 5.64. The number of anilines is 1. The van der Waals surface area contributed by atoms with Crippen LogP contribution in [-0.2, 0) is 6.61 Å². The van der Waals surface area contributed by atoms with Crippen LogP contribution in [0.2, 0.25) is 0 Å². The molecule has 0 aliphatic rings. The highest BCUT2D eigenvalue weighted by Gasteiger charge is 2.07. The predicted octanol–water partition coefficient (Wildman–Crippen LogP) is 4.59. The quantitative estimate of drug-likeness (QED) is 0.740. The summed E-state index contributed by atoms with van der Waals surface area (Å²) in [5.41, 5.74) is 6.42. The molecule has 24 heavy (non-hydrogen) atoms. The number of amides is 1. The van der Waals surface area contributed by atoms with E-state index in [1.54, 1.807) is 29.8 Å². The van der Waals surface area contributed by atoms with Gasteiger partial charge in [-0.15, -0.1) is 11.3 Å². The van der Waals surface area contributed by atoms with E-state index >= 15 is 0 Å². The van der Waals surface area contributed by atoms with Crippen molar-refractivity contribution in [2.45, 2.75) is 20.5 Å². The third-order valence-electron chi connectivity index (χ3n) is 3.75. The van der Waals surface area contributed by atoms with E-state index in [0.717, 1.165) is 16.9 Å². The van der Waals surface area contributed by atoms with Crippen LogP contribution in [0.15, 0.2) is 53.4 Å². The molecule has 0 atom stereocenters. The summed E-state index contributed by atoms with van der Waals surface area (Å²) in [5, 5.41) is 4.86. The van der Waals surface area contributed by atoms with Crippen molar-refractivity contribution in [3.8, 4) is 5.75 Å². The van der Waals surface area contributed by atoms with Gasteiger partial charge in [-0.3, -0.25) is 4.79 Å². The fourth-order valence-electron chi connectivity index (χ4n) is 2.19. The fourth-order valence-corrected chi connectivity index (χ4v) is 2.73. The molecule has 0 spiro atoms. The van der Waals surface area contributed by atoms with Gasteiger partial charge >= 0.3 is 0 Å². The Bertz CT molecular complexity index is 827. The lowest BCUT2D eigenvalue weighted by Crippen LogP contribution is -2.12. The van der Waals surface area contributed by atoms with Crippen LogP contribution >= 0.6 is 11.3 Å². The van der Waals surface area contributed by atoms with Crippen molar-refractivity contribution in [1.29, 1.82) is 0 Å². The van der Waals surface area contributed by atoms with E-state index in [9.17, 15) is 4.79 Å². The van der Waals surface area contributed by atoms with Crippen molar-refractivity contribution in [1.82, 2.24) is 4.98 Å². The molecule has 122 valence electrons. The molecule has 0 aliphatic carbocycles. The Balaban J connectivity index is 1.61. The number of ether oxygens (including phenoxy) is 1. The lowest BCUT2D eigenvalue weighted by Gasteiger charge is -2.09. The molecular weight excluding hydrogens is 320 g/mol. The number of benzene rings is 2. The second-order valence-corrected chi connectivity index (χ2v) is 6.26. The number of aryl methyl sites for hydroxylation is 2. The van der Waals surface area contributed by atoms with Gasteiger partial charge in [-0.25, -0.2) is 4.98 Å². The number of thiazole rings is 1. The van der Waals surface area contributed by atoms with Crippen molar-refractivity contribution in [3.05, 3.63) is 75.7 Å². The molecule has 1 amide bonds. The van der Waals surface area contributed by atoms with E-state index in [-0.39, 0.29) is 5.91 Å². The molecule has 3 aromatic rings. The Hall–Kier alpha value is -2.66. The van der Waals surface area contributed by atoms with Crippen LogP contribution < -0.4 is 10.1 Å². The number of hydrogen-bond donors (Lipinski definition) is 1. The van der Waals surface area contributed by atoms with Gasteiger partial charge in [-0.2, -0.15) is 0 Å². The Morgan fingerprint density at radius 1 is 1.12 bits per heavy atom. The first-order chi connectivity index (χ1) is 11.6. The van der Waals surface area contributed by atoms with Crippen LogP contribution in [0.25, 0.3) is 0 Å². The lowest BCUT2D eigenvalue weighted by molar-refractivity contribution is 0.102. The van der Waals surface area contributed by atoms with Crippen molar-refractivity contribution in [2.75, 3.05) is 5.32 Å². The zero-order valence-corrected chi connectivity index (χ0v) is 14.4. The molecule has 1 N–H and O–H groups in total. The first-order valence-corrected chi connectivity index (χ1v) is 8.54. The minimum atomic E-state index is -0.135.